The third-order valence-corrected chi connectivity index (χ3v) is 2.08. The van der Waals surface area contributed by atoms with Crippen LogP contribution in [-0.4, -0.2) is 17.7 Å². The van der Waals surface area contributed by atoms with Crippen molar-refractivity contribution in [2.24, 2.45) is 0 Å². The minimum absolute atomic E-state index is 0.00888. The van der Waals surface area contributed by atoms with Crippen LogP contribution in [0.1, 0.15) is 18.9 Å². The van der Waals surface area contributed by atoms with Gasteiger partial charge in [-0.3, -0.25) is 0 Å². The molecular formula is C12H12F2O3. The molecule has 17 heavy (non-hydrogen) atoms. The Hall–Kier alpha value is -1.91. The van der Waals surface area contributed by atoms with Crippen LogP contribution in [-0.2, 0) is 4.79 Å². The van der Waals surface area contributed by atoms with Gasteiger partial charge in [0.25, 0.3) is 0 Å². The molecule has 0 aliphatic rings. The van der Waals surface area contributed by atoms with Gasteiger partial charge in [-0.15, -0.1) is 0 Å². The molecule has 0 atom stereocenters. The standard InChI is InChI=1S/C12H12F2O3/c1-2-9(11(15)16)6-8-4-3-5-10(7-8)17-12(13)14/h3-7,12H,2H2,1H3,(H,15,16). The zero-order valence-electron chi connectivity index (χ0n) is 9.19. The minimum Gasteiger partial charge on any atom is -0.478 e. The molecule has 0 aliphatic carbocycles. The number of carboxylic acids is 1. The van der Waals surface area contributed by atoms with Gasteiger partial charge < -0.3 is 9.84 Å². The summed E-state index contributed by atoms with van der Waals surface area (Å²) in [7, 11) is 0. The average Bonchev–Trinajstić information content (AvgIpc) is 2.25. The number of aliphatic carboxylic acids is 1. The number of alkyl halides is 2. The summed E-state index contributed by atoms with van der Waals surface area (Å²) in [6.45, 7) is -1.18. The molecule has 0 heterocycles. The van der Waals surface area contributed by atoms with Gasteiger partial charge in [0, 0.05) is 5.57 Å². The molecule has 1 aromatic carbocycles. The van der Waals surface area contributed by atoms with Gasteiger partial charge in [-0.25, -0.2) is 4.79 Å². The van der Waals surface area contributed by atoms with Crippen LogP contribution in [0, 0.1) is 0 Å². The lowest BCUT2D eigenvalue weighted by Crippen LogP contribution is -2.02. The summed E-state index contributed by atoms with van der Waals surface area (Å²) in [6.07, 6.45) is 1.79. The summed E-state index contributed by atoms with van der Waals surface area (Å²) in [4.78, 5) is 10.8. The Morgan fingerprint density at radius 3 is 2.76 bits per heavy atom. The SMILES string of the molecule is CCC(=Cc1cccc(OC(F)F)c1)C(=O)O. The molecule has 3 nitrogen and oxygen atoms in total. The highest BCUT2D eigenvalue weighted by molar-refractivity contribution is 5.92. The summed E-state index contributed by atoms with van der Waals surface area (Å²) in [5.74, 6) is -1.01. The third kappa shape index (κ3) is 4.22. The lowest BCUT2D eigenvalue weighted by Gasteiger charge is -2.05. The highest BCUT2D eigenvalue weighted by atomic mass is 19.3. The quantitative estimate of drug-likeness (QED) is 0.806. The first-order valence-electron chi connectivity index (χ1n) is 5.01. The van der Waals surface area contributed by atoms with E-state index in [4.69, 9.17) is 5.11 Å². The summed E-state index contributed by atoms with van der Waals surface area (Å²) >= 11 is 0. The highest BCUT2D eigenvalue weighted by Crippen LogP contribution is 2.18. The van der Waals surface area contributed by atoms with Crippen LogP contribution in [0.3, 0.4) is 0 Å². The van der Waals surface area contributed by atoms with Gasteiger partial charge in [0.05, 0.1) is 0 Å². The van der Waals surface area contributed by atoms with E-state index < -0.39 is 12.6 Å². The molecule has 0 saturated carbocycles. The summed E-state index contributed by atoms with van der Waals surface area (Å²) in [5.41, 5.74) is 0.724. The molecular weight excluding hydrogens is 230 g/mol. The molecule has 0 amide bonds. The van der Waals surface area contributed by atoms with E-state index in [2.05, 4.69) is 4.74 Å². The van der Waals surface area contributed by atoms with Gasteiger partial charge in [-0.2, -0.15) is 8.78 Å². The van der Waals surface area contributed by atoms with Crippen LogP contribution in [0.25, 0.3) is 6.08 Å². The number of carbonyl (C=O) groups is 1. The van der Waals surface area contributed by atoms with E-state index in [9.17, 15) is 13.6 Å². The van der Waals surface area contributed by atoms with E-state index in [1.165, 1.54) is 24.3 Å². The molecule has 1 rings (SSSR count). The van der Waals surface area contributed by atoms with Crippen LogP contribution in [0.4, 0.5) is 8.78 Å². The van der Waals surface area contributed by atoms with Gasteiger partial charge >= 0.3 is 12.6 Å². The van der Waals surface area contributed by atoms with Gasteiger partial charge in [0.2, 0.25) is 0 Å². The van der Waals surface area contributed by atoms with Crippen molar-refractivity contribution < 1.29 is 23.4 Å². The molecule has 0 radical (unpaired) electrons. The van der Waals surface area contributed by atoms with Crippen molar-refractivity contribution in [2.45, 2.75) is 20.0 Å². The number of hydrogen-bond acceptors (Lipinski definition) is 2. The van der Waals surface area contributed by atoms with E-state index in [0.29, 0.717) is 12.0 Å². The van der Waals surface area contributed by atoms with Crippen molar-refractivity contribution in [1.29, 1.82) is 0 Å². The molecule has 1 N–H and O–H groups in total. The fourth-order valence-electron chi connectivity index (χ4n) is 1.30. The number of halogens is 2. The van der Waals surface area contributed by atoms with Crippen LogP contribution in [0.2, 0.25) is 0 Å². The number of rotatable bonds is 5. The van der Waals surface area contributed by atoms with Crippen molar-refractivity contribution in [1.82, 2.24) is 0 Å². The van der Waals surface area contributed by atoms with E-state index in [-0.39, 0.29) is 11.3 Å². The number of hydrogen-bond donors (Lipinski definition) is 1. The van der Waals surface area contributed by atoms with Crippen LogP contribution in [0.15, 0.2) is 29.8 Å². The highest BCUT2D eigenvalue weighted by Gasteiger charge is 2.06. The number of benzene rings is 1. The molecule has 92 valence electrons. The molecule has 0 unspecified atom stereocenters. The predicted molar refractivity (Wildman–Crippen MR) is 59.0 cm³/mol. The fourth-order valence-corrected chi connectivity index (χ4v) is 1.30. The lowest BCUT2D eigenvalue weighted by molar-refractivity contribution is -0.132. The Kier molecular flexibility index (Phi) is 4.63. The zero-order valence-corrected chi connectivity index (χ0v) is 9.19. The van der Waals surface area contributed by atoms with Crippen molar-refractivity contribution in [3.8, 4) is 5.75 Å². The molecule has 0 aromatic heterocycles. The van der Waals surface area contributed by atoms with Crippen LogP contribution >= 0.6 is 0 Å². The molecule has 1 aromatic rings. The Bertz CT molecular complexity index is 428. The molecule has 0 saturated heterocycles. The molecule has 0 spiro atoms. The first kappa shape index (κ1) is 13.2. The van der Waals surface area contributed by atoms with Gasteiger partial charge in [0.1, 0.15) is 5.75 Å². The van der Waals surface area contributed by atoms with Crippen LogP contribution < -0.4 is 4.74 Å². The monoisotopic (exact) mass is 242 g/mol. The second kappa shape index (κ2) is 5.98. The third-order valence-electron chi connectivity index (χ3n) is 2.08. The van der Waals surface area contributed by atoms with E-state index in [1.54, 1.807) is 13.0 Å². The molecule has 0 bridgehead atoms. The maximum Gasteiger partial charge on any atom is 0.387 e. The van der Waals surface area contributed by atoms with Crippen molar-refractivity contribution in [2.75, 3.05) is 0 Å². The summed E-state index contributed by atoms with van der Waals surface area (Å²) in [5, 5.41) is 8.83. The van der Waals surface area contributed by atoms with E-state index >= 15 is 0 Å². The normalized spacial score (nSPS) is 11.6. The maximum absolute atomic E-state index is 12.0. The van der Waals surface area contributed by atoms with E-state index in [1.807, 2.05) is 0 Å². The van der Waals surface area contributed by atoms with Crippen molar-refractivity contribution >= 4 is 12.0 Å². The van der Waals surface area contributed by atoms with Crippen molar-refractivity contribution in [3.63, 3.8) is 0 Å². The van der Waals surface area contributed by atoms with Gasteiger partial charge in [-0.05, 0) is 30.2 Å². The molecule has 0 aliphatic heterocycles. The Balaban J connectivity index is 2.95. The topological polar surface area (TPSA) is 46.5 Å². The first-order valence-corrected chi connectivity index (χ1v) is 5.01. The fraction of sp³-hybridized carbons (Fsp3) is 0.250. The first-order chi connectivity index (χ1) is 8.02. The molecule has 0 fully saturated rings. The van der Waals surface area contributed by atoms with Gasteiger partial charge in [-0.1, -0.05) is 19.1 Å². The van der Waals surface area contributed by atoms with Gasteiger partial charge in [0.15, 0.2) is 0 Å². The second-order valence-corrected chi connectivity index (χ2v) is 3.28. The zero-order chi connectivity index (χ0) is 12.8. The summed E-state index contributed by atoms with van der Waals surface area (Å²) < 4.78 is 28.2. The Morgan fingerprint density at radius 2 is 2.24 bits per heavy atom. The van der Waals surface area contributed by atoms with Crippen molar-refractivity contribution in [3.05, 3.63) is 35.4 Å². The Labute approximate surface area is 97.3 Å². The lowest BCUT2D eigenvalue weighted by atomic mass is 10.1. The smallest absolute Gasteiger partial charge is 0.387 e. The minimum atomic E-state index is -2.89. The Morgan fingerprint density at radius 1 is 1.53 bits per heavy atom. The predicted octanol–water partition coefficient (Wildman–Crippen LogP) is 3.17. The number of carboxylic acid groups (broad SMARTS) is 1. The average molecular weight is 242 g/mol. The largest absolute Gasteiger partial charge is 0.478 e. The number of ether oxygens (including phenoxy) is 1. The van der Waals surface area contributed by atoms with E-state index in [0.717, 1.165) is 0 Å². The second-order valence-electron chi connectivity index (χ2n) is 3.28. The molecule has 5 heteroatoms. The maximum atomic E-state index is 12.0. The summed E-state index contributed by atoms with van der Waals surface area (Å²) in [6, 6.07) is 5.90. The van der Waals surface area contributed by atoms with Crippen LogP contribution in [0.5, 0.6) is 5.75 Å².